The van der Waals surface area contributed by atoms with Crippen LogP contribution in [0.15, 0.2) is 9.98 Å². The van der Waals surface area contributed by atoms with E-state index in [2.05, 4.69) is 25.9 Å². The van der Waals surface area contributed by atoms with Gasteiger partial charge in [0.2, 0.25) is 17.7 Å². The Morgan fingerprint density at radius 2 is 1.26 bits per heavy atom. The number of rotatable bonds is 18. The molecule has 0 spiro atoms. The van der Waals surface area contributed by atoms with Gasteiger partial charge < -0.3 is 54.8 Å². The maximum absolute atomic E-state index is 13.0. The van der Waals surface area contributed by atoms with E-state index in [0.717, 1.165) is 0 Å². The fraction of sp³-hybridized carbons (Fsp3) is 0.727. The van der Waals surface area contributed by atoms with E-state index in [1.165, 1.54) is 6.92 Å². The third kappa shape index (κ3) is 14.8. The van der Waals surface area contributed by atoms with Crippen LogP contribution in [0.2, 0.25) is 0 Å². The number of hydrogen-bond acceptors (Lipinski definition) is 8. The molecule has 3 amide bonds. The molecule has 0 fully saturated rings. The average molecular weight is 545 g/mol. The van der Waals surface area contributed by atoms with E-state index in [4.69, 9.17) is 28.7 Å². The molecule has 218 valence electrons. The number of aliphatic carboxylic acids is 1. The number of aliphatic hydroxyl groups is 1. The molecule has 0 aliphatic rings. The highest BCUT2D eigenvalue weighted by molar-refractivity contribution is 5.94. The van der Waals surface area contributed by atoms with Crippen molar-refractivity contribution in [1.82, 2.24) is 16.0 Å². The van der Waals surface area contributed by atoms with Crippen LogP contribution in [0.25, 0.3) is 0 Å². The van der Waals surface area contributed by atoms with Gasteiger partial charge in [-0.3, -0.25) is 24.4 Å². The molecule has 16 nitrogen and oxygen atoms in total. The first kappa shape index (κ1) is 34.3. The predicted molar refractivity (Wildman–Crippen MR) is 142 cm³/mol. The number of aliphatic imine (C=N–C) groups is 2. The van der Waals surface area contributed by atoms with Crippen molar-refractivity contribution in [1.29, 1.82) is 0 Å². The standard InChI is InChI=1S/C22H44N10O6/c1-11(2)10-15(20(37)38)31-18(35)14(7-5-9-29-22(26)27)30-19(36)16(12(3)33)32-17(34)13(23)6-4-8-28-21(24)25/h11-16,33H,4-10,23H2,1-3H3,(H,30,36)(H,31,35)(H,32,34)(H,37,38)(H4,24,25,28)(H4,26,27,29). The van der Waals surface area contributed by atoms with E-state index in [1.807, 2.05) is 0 Å². The molecule has 5 unspecified atom stereocenters. The summed E-state index contributed by atoms with van der Waals surface area (Å²) in [6.45, 7) is 5.30. The summed E-state index contributed by atoms with van der Waals surface area (Å²) in [5.74, 6) is -3.80. The van der Waals surface area contributed by atoms with Crippen LogP contribution >= 0.6 is 0 Å². The minimum Gasteiger partial charge on any atom is -0.480 e. The summed E-state index contributed by atoms with van der Waals surface area (Å²) in [6, 6.07) is -4.82. The van der Waals surface area contributed by atoms with E-state index >= 15 is 0 Å². The van der Waals surface area contributed by atoms with Crippen molar-refractivity contribution < 1.29 is 29.4 Å². The lowest BCUT2D eigenvalue weighted by Gasteiger charge is -2.26. The highest BCUT2D eigenvalue weighted by Gasteiger charge is 2.32. The molecule has 0 saturated heterocycles. The fourth-order valence-electron chi connectivity index (χ4n) is 3.32. The number of aliphatic hydroxyl groups excluding tert-OH is 1. The fourth-order valence-corrected chi connectivity index (χ4v) is 3.32. The van der Waals surface area contributed by atoms with Crippen molar-refractivity contribution in [3.8, 4) is 0 Å². The molecule has 16 heteroatoms. The Bertz CT molecular complexity index is 840. The molecule has 0 rings (SSSR count). The van der Waals surface area contributed by atoms with E-state index in [9.17, 15) is 29.4 Å². The lowest BCUT2D eigenvalue weighted by Crippen LogP contribution is -2.59. The van der Waals surface area contributed by atoms with Crippen LogP contribution in [-0.4, -0.2) is 89.2 Å². The van der Waals surface area contributed by atoms with Gasteiger partial charge in [0, 0.05) is 13.1 Å². The number of guanidine groups is 2. The van der Waals surface area contributed by atoms with Gasteiger partial charge in [0.05, 0.1) is 12.1 Å². The molecule has 15 N–H and O–H groups in total. The first-order chi connectivity index (χ1) is 17.6. The van der Waals surface area contributed by atoms with Crippen LogP contribution in [-0.2, 0) is 19.2 Å². The second-order valence-corrected chi connectivity index (χ2v) is 9.32. The van der Waals surface area contributed by atoms with Gasteiger partial charge in [-0.25, -0.2) is 4.79 Å². The second-order valence-electron chi connectivity index (χ2n) is 9.32. The number of nitrogens with zero attached hydrogens (tertiary/aromatic N) is 2. The molecule has 0 radical (unpaired) electrons. The first-order valence-corrected chi connectivity index (χ1v) is 12.3. The molecule has 0 bridgehead atoms. The normalized spacial score (nSPS) is 14.8. The van der Waals surface area contributed by atoms with Gasteiger partial charge in [-0.05, 0) is 44.9 Å². The number of amides is 3. The quantitative estimate of drug-likeness (QED) is 0.0456. The van der Waals surface area contributed by atoms with Gasteiger partial charge in [0.15, 0.2) is 11.9 Å². The zero-order chi connectivity index (χ0) is 29.4. The lowest BCUT2D eigenvalue weighted by molar-refractivity contribution is -0.143. The average Bonchev–Trinajstić information content (AvgIpc) is 2.80. The minimum absolute atomic E-state index is 0.0233. The van der Waals surface area contributed by atoms with E-state index in [0.29, 0.717) is 6.42 Å². The Kier molecular flexibility index (Phi) is 16.0. The molecule has 5 atom stereocenters. The summed E-state index contributed by atoms with van der Waals surface area (Å²) in [5.41, 5.74) is 27.0. The SMILES string of the molecule is CC(C)CC(NC(=O)C(CCCN=C(N)N)NC(=O)C(NC(=O)C(N)CCCN=C(N)N)C(C)O)C(=O)O. The molecule has 0 aromatic carbocycles. The number of carbonyl (C=O) groups is 4. The van der Waals surface area contributed by atoms with Crippen LogP contribution in [0.1, 0.15) is 52.9 Å². The van der Waals surface area contributed by atoms with Crippen LogP contribution in [0.4, 0.5) is 0 Å². The van der Waals surface area contributed by atoms with E-state index < -0.39 is 54.0 Å². The largest absolute Gasteiger partial charge is 0.480 e. The van der Waals surface area contributed by atoms with Gasteiger partial charge in [-0.15, -0.1) is 0 Å². The van der Waals surface area contributed by atoms with Gasteiger partial charge >= 0.3 is 5.97 Å². The van der Waals surface area contributed by atoms with Gasteiger partial charge in [-0.1, -0.05) is 13.8 Å². The van der Waals surface area contributed by atoms with Crippen LogP contribution < -0.4 is 44.6 Å². The Hall–Kier alpha value is -3.66. The monoisotopic (exact) mass is 544 g/mol. The van der Waals surface area contributed by atoms with Crippen molar-refractivity contribution >= 4 is 35.6 Å². The summed E-state index contributed by atoms with van der Waals surface area (Å²) < 4.78 is 0. The topological polar surface area (TPSA) is 300 Å². The molecule has 0 aromatic heterocycles. The molecular formula is C22H44N10O6. The van der Waals surface area contributed by atoms with Crippen LogP contribution in [0, 0.1) is 5.92 Å². The zero-order valence-electron chi connectivity index (χ0n) is 22.2. The Labute approximate surface area is 222 Å². The smallest absolute Gasteiger partial charge is 0.326 e. The minimum atomic E-state index is -1.44. The predicted octanol–water partition coefficient (Wildman–Crippen LogP) is -3.61. The second kappa shape index (κ2) is 17.7. The Balaban J connectivity index is 5.48. The summed E-state index contributed by atoms with van der Waals surface area (Å²) in [7, 11) is 0. The number of carbonyl (C=O) groups excluding carboxylic acids is 3. The maximum atomic E-state index is 13.0. The number of carboxylic acids is 1. The molecule has 0 saturated carbocycles. The van der Waals surface area contributed by atoms with Crippen LogP contribution in [0.3, 0.4) is 0 Å². The van der Waals surface area contributed by atoms with E-state index in [-0.39, 0.29) is 56.6 Å². The third-order valence-corrected chi connectivity index (χ3v) is 5.27. The molecule has 38 heavy (non-hydrogen) atoms. The maximum Gasteiger partial charge on any atom is 0.326 e. The van der Waals surface area contributed by atoms with Crippen molar-refractivity contribution in [3.63, 3.8) is 0 Å². The Morgan fingerprint density at radius 1 is 0.763 bits per heavy atom. The molecule has 0 aromatic rings. The number of carboxylic acid groups (broad SMARTS) is 1. The van der Waals surface area contributed by atoms with Gasteiger partial charge in [0.1, 0.15) is 18.1 Å². The van der Waals surface area contributed by atoms with Crippen molar-refractivity contribution in [2.45, 2.75) is 83.1 Å². The molecule has 0 aliphatic carbocycles. The molecular weight excluding hydrogens is 500 g/mol. The zero-order valence-corrected chi connectivity index (χ0v) is 22.2. The van der Waals surface area contributed by atoms with E-state index in [1.54, 1.807) is 13.8 Å². The molecule has 0 aliphatic heterocycles. The number of hydrogen-bond donors (Lipinski definition) is 10. The number of nitrogens with two attached hydrogens (primary N) is 5. The summed E-state index contributed by atoms with van der Waals surface area (Å²) in [6.07, 6.45) is -0.247. The lowest BCUT2D eigenvalue weighted by atomic mass is 10.0. The molecule has 0 heterocycles. The highest BCUT2D eigenvalue weighted by atomic mass is 16.4. The first-order valence-electron chi connectivity index (χ1n) is 12.3. The summed E-state index contributed by atoms with van der Waals surface area (Å²) in [5, 5.41) is 26.9. The Morgan fingerprint density at radius 3 is 1.71 bits per heavy atom. The number of nitrogens with one attached hydrogen (secondary N) is 3. The third-order valence-electron chi connectivity index (χ3n) is 5.27. The summed E-state index contributed by atoms with van der Waals surface area (Å²) >= 11 is 0. The van der Waals surface area contributed by atoms with Crippen molar-refractivity contribution in [2.75, 3.05) is 13.1 Å². The van der Waals surface area contributed by atoms with Crippen LogP contribution in [0.5, 0.6) is 0 Å². The van der Waals surface area contributed by atoms with Crippen molar-refractivity contribution in [2.24, 2.45) is 44.6 Å². The van der Waals surface area contributed by atoms with Gasteiger partial charge in [-0.2, -0.15) is 0 Å². The van der Waals surface area contributed by atoms with Crippen molar-refractivity contribution in [3.05, 3.63) is 0 Å². The summed E-state index contributed by atoms with van der Waals surface area (Å²) in [4.78, 5) is 57.7. The highest BCUT2D eigenvalue weighted by Crippen LogP contribution is 2.08. The van der Waals surface area contributed by atoms with Gasteiger partial charge in [0.25, 0.3) is 0 Å².